The molecular weight excluding hydrogens is 542 g/mol. The second-order valence-corrected chi connectivity index (χ2v) is 12.3. The number of likely N-dealkylation sites (tertiary alicyclic amines) is 1. The van der Waals surface area contributed by atoms with Crippen LogP contribution in [0.15, 0.2) is 108 Å². The van der Waals surface area contributed by atoms with E-state index >= 15 is 4.79 Å². The van der Waals surface area contributed by atoms with Crippen molar-refractivity contribution in [3.8, 4) is 11.3 Å². The molecule has 0 unspecified atom stereocenters. The average Bonchev–Trinajstić information content (AvgIpc) is 3.60. The fourth-order valence-electron chi connectivity index (χ4n) is 7.34. The first-order valence-electron chi connectivity index (χ1n) is 14.2. The maximum atomic E-state index is 15.1. The lowest BCUT2D eigenvalue weighted by molar-refractivity contribution is -0.148. The molecule has 2 aliphatic heterocycles. The minimum Gasteiger partial charge on any atom is -0.466 e. The Hall–Kier alpha value is -4.33. The minimum atomic E-state index is -1.25. The van der Waals surface area contributed by atoms with E-state index in [1.807, 2.05) is 85.8 Å². The molecule has 0 saturated carbocycles. The number of Topliss-reactive ketones (excluding diaryl/α,β-unsaturated/α-hetero) is 1. The lowest BCUT2D eigenvalue weighted by Gasteiger charge is -2.45. The van der Waals surface area contributed by atoms with Gasteiger partial charge in [0.1, 0.15) is 10.3 Å². The number of benzene rings is 4. The molecule has 3 atom stereocenters. The monoisotopic (exact) mass is 569 g/mol. The Labute approximate surface area is 247 Å². The Bertz CT molecular complexity index is 1910. The van der Waals surface area contributed by atoms with Gasteiger partial charge in [0.05, 0.1) is 34.9 Å². The van der Waals surface area contributed by atoms with Crippen molar-refractivity contribution in [2.24, 2.45) is 5.92 Å². The number of ketones is 1. The number of ether oxygens (including phenoxy) is 1. The van der Waals surface area contributed by atoms with Crippen LogP contribution in [-0.2, 0) is 21.6 Å². The normalized spacial score (nSPS) is 23.8. The second-order valence-electron chi connectivity index (χ2n) is 11.0. The molecule has 0 N–H and O–H groups in total. The topological polar surface area (TPSA) is 72.4 Å². The average molecular weight is 570 g/mol. The zero-order valence-electron chi connectivity index (χ0n) is 23.0. The minimum absolute atomic E-state index is 0.0608. The highest BCUT2D eigenvalue weighted by molar-refractivity contribution is 8.02. The van der Waals surface area contributed by atoms with E-state index < -0.39 is 16.2 Å². The first-order valence-corrected chi connectivity index (χ1v) is 15.1. The number of nitrogens with zero attached hydrogens (tertiary/aromatic N) is 3. The van der Waals surface area contributed by atoms with Gasteiger partial charge in [0.2, 0.25) is 0 Å². The van der Waals surface area contributed by atoms with E-state index in [9.17, 15) is 4.79 Å². The summed E-state index contributed by atoms with van der Waals surface area (Å²) in [6.07, 6.45) is 0. The predicted octanol–water partition coefficient (Wildman–Crippen LogP) is 6.28. The van der Waals surface area contributed by atoms with Crippen molar-refractivity contribution in [3.63, 3.8) is 0 Å². The Morgan fingerprint density at radius 2 is 1.55 bits per heavy atom. The number of hydrogen-bond acceptors (Lipinski definition) is 7. The van der Waals surface area contributed by atoms with Gasteiger partial charge in [0.15, 0.2) is 5.78 Å². The number of carbonyl (C=O) groups is 2. The number of fused-ring (bicyclic) bond motifs is 8. The Balaban J connectivity index is 1.50. The van der Waals surface area contributed by atoms with Crippen LogP contribution in [-0.4, -0.2) is 44.5 Å². The molecule has 1 saturated heterocycles. The maximum absolute atomic E-state index is 15.1. The lowest BCUT2D eigenvalue weighted by atomic mass is 9.70. The van der Waals surface area contributed by atoms with Gasteiger partial charge in [-0.25, -0.2) is 9.97 Å². The molecule has 1 aliphatic carbocycles. The van der Waals surface area contributed by atoms with Crippen LogP contribution in [0.3, 0.4) is 0 Å². The molecule has 5 aromatic rings. The van der Waals surface area contributed by atoms with E-state index in [1.165, 1.54) is 11.8 Å². The van der Waals surface area contributed by atoms with Gasteiger partial charge in [0, 0.05) is 29.1 Å². The summed E-state index contributed by atoms with van der Waals surface area (Å²) in [5.41, 5.74) is 5.56. The summed E-state index contributed by atoms with van der Waals surface area (Å²) in [6.45, 7) is 2.90. The Morgan fingerprint density at radius 1 is 0.881 bits per heavy atom. The lowest BCUT2D eigenvalue weighted by Crippen LogP contribution is -2.58. The molecule has 1 fully saturated rings. The summed E-state index contributed by atoms with van der Waals surface area (Å²) in [7, 11) is 0. The number of hydrogen-bond donors (Lipinski definition) is 0. The highest BCUT2D eigenvalue weighted by Crippen LogP contribution is 2.69. The quantitative estimate of drug-likeness (QED) is 0.236. The number of thioether (sulfide) groups is 1. The maximum Gasteiger partial charge on any atom is 0.312 e. The predicted molar refractivity (Wildman–Crippen MR) is 162 cm³/mol. The van der Waals surface area contributed by atoms with Crippen molar-refractivity contribution >= 4 is 34.5 Å². The third-order valence-electron chi connectivity index (χ3n) is 8.92. The van der Waals surface area contributed by atoms with Gasteiger partial charge in [-0.1, -0.05) is 84.9 Å². The van der Waals surface area contributed by atoms with Crippen molar-refractivity contribution in [1.29, 1.82) is 0 Å². The van der Waals surface area contributed by atoms with Gasteiger partial charge in [0.25, 0.3) is 0 Å². The van der Waals surface area contributed by atoms with Crippen molar-refractivity contribution in [2.75, 3.05) is 13.2 Å². The van der Waals surface area contributed by atoms with E-state index in [4.69, 9.17) is 14.7 Å². The van der Waals surface area contributed by atoms with Crippen molar-refractivity contribution in [1.82, 2.24) is 14.9 Å². The van der Waals surface area contributed by atoms with Crippen LogP contribution >= 0.6 is 11.8 Å². The standard InChI is InChI=1S/C35H27N3O3S/c1-2-41-33(40)26-21-38(20-22-12-4-3-5-13-22)34(35(26)32(39)24-15-7-11-19-29(24)42-35)25-16-8-6-14-23(25)30-31(34)37-28-18-10-9-17-27(28)36-30/h3-19,26H,2,20-21H2,1H3/t26-,34-,35-/m0/s1. The van der Waals surface area contributed by atoms with Crippen LogP contribution < -0.4 is 0 Å². The fraction of sp³-hybridized carbons (Fsp3) is 0.200. The molecule has 2 spiro atoms. The van der Waals surface area contributed by atoms with Gasteiger partial charge in [-0.3, -0.25) is 14.5 Å². The largest absolute Gasteiger partial charge is 0.466 e. The number of rotatable bonds is 4. The van der Waals surface area contributed by atoms with Crippen molar-refractivity contribution in [2.45, 2.75) is 28.6 Å². The first kappa shape index (κ1) is 25.4. The summed E-state index contributed by atoms with van der Waals surface area (Å²) >= 11 is 1.50. The van der Waals surface area contributed by atoms with Crippen LogP contribution in [0.5, 0.6) is 0 Å². The summed E-state index contributed by atoms with van der Waals surface area (Å²) in [5.74, 6) is -1.16. The molecular formula is C35H27N3O3S. The molecule has 42 heavy (non-hydrogen) atoms. The third-order valence-corrected chi connectivity index (χ3v) is 10.6. The zero-order valence-corrected chi connectivity index (χ0v) is 23.8. The smallest absolute Gasteiger partial charge is 0.312 e. The van der Waals surface area contributed by atoms with Gasteiger partial charge < -0.3 is 4.74 Å². The first-order chi connectivity index (χ1) is 20.6. The second kappa shape index (κ2) is 9.34. The van der Waals surface area contributed by atoms with E-state index in [2.05, 4.69) is 29.2 Å². The summed E-state index contributed by atoms with van der Waals surface area (Å²) in [5, 5.41) is 0. The van der Waals surface area contributed by atoms with Crippen LogP contribution in [0.4, 0.5) is 0 Å². The number of carbonyl (C=O) groups excluding carboxylic acids is 2. The third kappa shape index (κ3) is 3.20. The summed E-state index contributed by atoms with van der Waals surface area (Å²) in [4.78, 5) is 42.8. The molecule has 206 valence electrons. The molecule has 8 rings (SSSR count). The molecule has 0 radical (unpaired) electrons. The number of aromatic nitrogens is 2. The highest BCUT2D eigenvalue weighted by Gasteiger charge is 2.76. The Morgan fingerprint density at radius 3 is 2.31 bits per heavy atom. The van der Waals surface area contributed by atoms with E-state index in [0.717, 1.165) is 44.0 Å². The molecule has 0 bridgehead atoms. The highest BCUT2D eigenvalue weighted by atomic mass is 32.2. The SMILES string of the molecule is CCOC(=O)[C@@H]1CN(Cc2ccccc2)[C@]2(c3ccccc3-c3nc4ccccc4nc32)[C@]12Sc1ccccc1C2=O. The van der Waals surface area contributed by atoms with E-state index in [-0.39, 0.29) is 18.4 Å². The van der Waals surface area contributed by atoms with Crippen LogP contribution in [0.1, 0.15) is 34.1 Å². The van der Waals surface area contributed by atoms with Crippen molar-refractivity contribution < 1.29 is 14.3 Å². The van der Waals surface area contributed by atoms with Gasteiger partial charge in [-0.15, -0.1) is 11.8 Å². The van der Waals surface area contributed by atoms with E-state index in [1.54, 1.807) is 0 Å². The van der Waals surface area contributed by atoms with E-state index in [0.29, 0.717) is 18.7 Å². The molecule has 6 nitrogen and oxygen atoms in total. The summed E-state index contributed by atoms with van der Waals surface area (Å²) in [6, 6.07) is 33.9. The summed E-state index contributed by atoms with van der Waals surface area (Å²) < 4.78 is 4.49. The van der Waals surface area contributed by atoms with Crippen molar-refractivity contribution in [3.05, 3.63) is 126 Å². The van der Waals surface area contributed by atoms with Crippen LogP contribution in [0.2, 0.25) is 0 Å². The zero-order chi connectivity index (χ0) is 28.5. The molecule has 4 aromatic carbocycles. The molecule has 1 aromatic heterocycles. The van der Waals surface area contributed by atoms with Crippen LogP contribution in [0.25, 0.3) is 22.3 Å². The molecule has 7 heteroatoms. The molecule has 3 aliphatic rings. The van der Waals surface area contributed by atoms with Crippen LogP contribution in [0, 0.1) is 5.92 Å². The van der Waals surface area contributed by atoms with Gasteiger partial charge in [-0.2, -0.15) is 0 Å². The Kier molecular flexibility index (Phi) is 5.65. The molecule has 3 heterocycles. The van der Waals surface area contributed by atoms with Gasteiger partial charge in [-0.05, 0) is 36.2 Å². The fourth-order valence-corrected chi connectivity index (χ4v) is 9.11. The van der Waals surface area contributed by atoms with Gasteiger partial charge >= 0.3 is 5.97 Å². The number of para-hydroxylation sites is 2. The number of esters is 1. The molecule has 0 amide bonds.